The molecule has 1 fully saturated rings. The molecule has 22 heavy (non-hydrogen) atoms. The van der Waals surface area contributed by atoms with Gasteiger partial charge in [0.25, 0.3) is 0 Å². The Morgan fingerprint density at radius 3 is 2.86 bits per heavy atom. The van der Waals surface area contributed by atoms with Gasteiger partial charge in [-0.2, -0.15) is 0 Å². The number of nitrogens with zero attached hydrogens (tertiary/aromatic N) is 1. The lowest BCUT2D eigenvalue weighted by Gasteiger charge is -2.21. The molecule has 0 unspecified atom stereocenters. The second kappa shape index (κ2) is 6.28. The number of para-hydroxylation sites is 1. The summed E-state index contributed by atoms with van der Waals surface area (Å²) < 4.78 is 0. The molecule has 1 aliphatic rings. The van der Waals surface area contributed by atoms with Crippen LogP contribution in [-0.2, 0) is 4.79 Å². The lowest BCUT2D eigenvalue weighted by molar-refractivity contribution is -0.117. The van der Waals surface area contributed by atoms with Gasteiger partial charge < -0.3 is 10.4 Å². The summed E-state index contributed by atoms with van der Waals surface area (Å²) in [7, 11) is 0. The van der Waals surface area contributed by atoms with Gasteiger partial charge in [0.15, 0.2) is 0 Å². The van der Waals surface area contributed by atoms with E-state index in [1.165, 1.54) is 6.08 Å². The zero-order valence-electron chi connectivity index (χ0n) is 12.5. The summed E-state index contributed by atoms with van der Waals surface area (Å²) >= 11 is 0. The first-order valence-corrected chi connectivity index (χ1v) is 7.68. The Balaban J connectivity index is 1.66. The van der Waals surface area contributed by atoms with E-state index in [0.29, 0.717) is 6.54 Å². The zero-order chi connectivity index (χ0) is 15.4. The Hall–Kier alpha value is -2.20. The van der Waals surface area contributed by atoms with E-state index < -0.39 is 5.60 Å². The van der Waals surface area contributed by atoms with Gasteiger partial charge in [-0.15, -0.1) is 0 Å². The molecule has 1 saturated carbocycles. The Morgan fingerprint density at radius 1 is 1.27 bits per heavy atom. The maximum Gasteiger partial charge on any atom is 0.244 e. The maximum atomic E-state index is 11.9. The minimum Gasteiger partial charge on any atom is -0.388 e. The van der Waals surface area contributed by atoms with Crippen LogP contribution in [0, 0.1) is 0 Å². The molecule has 0 aliphatic heterocycles. The van der Waals surface area contributed by atoms with Gasteiger partial charge in [-0.1, -0.05) is 37.1 Å². The van der Waals surface area contributed by atoms with E-state index in [1.54, 1.807) is 12.3 Å². The van der Waals surface area contributed by atoms with Crippen LogP contribution in [0.3, 0.4) is 0 Å². The van der Waals surface area contributed by atoms with Crippen LogP contribution in [-0.4, -0.2) is 28.1 Å². The fourth-order valence-electron chi connectivity index (χ4n) is 2.95. The predicted molar refractivity (Wildman–Crippen MR) is 87.2 cm³/mol. The van der Waals surface area contributed by atoms with Crippen molar-refractivity contribution in [3.8, 4) is 0 Å². The van der Waals surface area contributed by atoms with E-state index >= 15 is 0 Å². The van der Waals surface area contributed by atoms with Crippen LogP contribution in [0.25, 0.3) is 17.0 Å². The molecule has 0 saturated heterocycles. The predicted octanol–water partition coefficient (Wildman–Crippen LogP) is 2.67. The summed E-state index contributed by atoms with van der Waals surface area (Å²) in [5, 5.41) is 14.1. The van der Waals surface area contributed by atoms with Crippen molar-refractivity contribution in [3.63, 3.8) is 0 Å². The smallest absolute Gasteiger partial charge is 0.244 e. The summed E-state index contributed by atoms with van der Waals surface area (Å²) in [6.45, 7) is 0.323. The number of pyridine rings is 1. The number of aliphatic hydroxyl groups is 1. The van der Waals surface area contributed by atoms with Gasteiger partial charge in [0.2, 0.25) is 5.91 Å². The molecule has 1 amide bonds. The molecule has 2 aromatic rings. The van der Waals surface area contributed by atoms with Gasteiger partial charge in [0.1, 0.15) is 0 Å². The van der Waals surface area contributed by atoms with Gasteiger partial charge in [0, 0.05) is 29.8 Å². The lowest BCUT2D eigenvalue weighted by Crippen LogP contribution is -2.40. The number of amides is 1. The number of benzene rings is 1. The highest BCUT2D eigenvalue weighted by Crippen LogP contribution is 2.28. The first-order valence-electron chi connectivity index (χ1n) is 7.68. The number of hydrogen-bond donors (Lipinski definition) is 2. The van der Waals surface area contributed by atoms with Crippen molar-refractivity contribution in [2.24, 2.45) is 0 Å². The number of rotatable bonds is 4. The van der Waals surface area contributed by atoms with Crippen molar-refractivity contribution in [2.45, 2.75) is 31.3 Å². The van der Waals surface area contributed by atoms with Crippen LogP contribution >= 0.6 is 0 Å². The highest BCUT2D eigenvalue weighted by Gasteiger charge is 2.30. The highest BCUT2D eigenvalue weighted by molar-refractivity contribution is 5.95. The third kappa shape index (κ3) is 3.34. The van der Waals surface area contributed by atoms with Crippen LogP contribution < -0.4 is 5.32 Å². The van der Waals surface area contributed by atoms with Crippen LogP contribution in [0.2, 0.25) is 0 Å². The van der Waals surface area contributed by atoms with E-state index in [9.17, 15) is 9.90 Å². The molecule has 3 rings (SSSR count). The van der Waals surface area contributed by atoms with E-state index in [4.69, 9.17) is 0 Å². The van der Waals surface area contributed by atoms with Crippen molar-refractivity contribution in [2.75, 3.05) is 6.54 Å². The fourth-order valence-corrected chi connectivity index (χ4v) is 2.95. The molecule has 4 heteroatoms. The maximum absolute atomic E-state index is 11.9. The van der Waals surface area contributed by atoms with Gasteiger partial charge in [-0.05, 0) is 25.0 Å². The largest absolute Gasteiger partial charge is 0.388 e. The van der Waals surface area contributed by atoms with Crippen molar-refractivity contribution in [1.29, 1.82) is 0 Å². The second-order valence-corrected chi connectivity index (χ2v) is 5.90. The standard InChI is InChI=1S/C18H20N2O2/c21-16(20-13-18(22)10-1-2-11-18)9-8-15-6-3-5-14-7-4-12-19-17(14)15/h3-9,12,22H,1-2,10-11,13H2,(H,20,21)/b9-8+. The zero-order valence-corrected chi connectivity index (χ0v) is 12.5. The van der Waals surface area contributed by atoms with E-state index in [1.807, 2.05) is 30.3 Å². The number of nitrogens with one attached hydrogen (secondary N) is 1. The number of carbonyl (C=O) groups is 1. The van der Waals surface area contributed by atoms with Gasteiger partial charge in [-0.3, -0.25) is 9.78 Å². The van der Waals surface area contributed by atoms with Gasteiger partial charge in [0.05, 0.1) is 11.1 Å². The van der Waals surface area contributed by atoms with Crippen molar-refractivity contribution in [3.05, 3.63) is 48.2 Å². The molecule has 1 aliphatic carbocycles. The molecule has 4 nitrogen and oxygen atoms in total. The van der Waals surface area contributed by atoms with Gasteiger partial charge in [-0.25, -0.2) is 0 Å². The molecule has 2 N–H and O–H groups in total. The first-order chi connectivity index (χ1) is 10.7. The summed E-state index contributed by atoms with van der Waals surface area (Å²) in [4.78, 5) is 16.3. The SMILES string of the molecule is O=C(/C=C/c1cccc2cccnc12)NCC1(O)CCCC1. The van der Waals surface area contributed by atoms with Crippen LogP contribution in [0.1, 0.15) is 31.2 Å². The Labute approximate surface area is 129 Å². The first kappa shape index (κ1) is 14.7. The number of hydrogen-bond acceptors (Lipinski definition) is 3. The normalized spacial score (nSPS) is 17.1. The third-order valence-corrected chi connectivity index (χ3v) is 4.20. The molecule has 0 radical (unpaired) electrons. The lowest BCUT2D eigenvalue weighted by atomic mass is 10.0. The number of aromatic nitrogens is 1. The van der Waals surface area contributed by atoms with Crippen molar-refractivity contribution < 1.29 is 9.90 Å². The van der Waals surface area contributed by atoms with E-state index in [2.05, 4.69) is 10.3 Å². The van der Waals surface area contributed by atoms with Gasteiger partial charge >= 0.3 is 0 Å². The summed E-state index contributed by atoms with van der Waals surface area (Å²) in [5.74, 6) is -0.187. The average Bonchev–Trinajstić information content (AvgIpc) is 2.98. The minimum atomic E-state index is -0.718. The Bertz CT molecular complexity index is 698. The molecule has 0 atom stereocenters. The highest BCUT2D eigenvalue weighted by atomic mass is 16.3. The number of carbonyl (C=O) groups excluding carboxylic acids is 1. The van der Waals surface area contributed by atoms with Crippen LogP contribution in [0.15, 0.2) is 42.6 Å². The van der Waals surface area contributed by atoms with Crippen LogP contribution in [0.4, 0.5) is 0 Å². The molecule has 0 spiro atoms. The fraction of sp³-hybridized carbons (Fsp3) is 0.333. The van der Waals surface area contributed by atoms with Crippen LogP contribution in [0.5, 0.6) is 0 Å². The summed E-state index contributed by atoms with van der Waals surface area (Å²) in [5.41, 5.74) is 1.07. The molecule has 0 bridgehead atoms. The Morgan fingerprint density at radius 2 is 2.05 bits per heavy atom. The van der Waals surface area contributed by atoms with E-state index in [0.717, 1.165) is 42.1 Å². The minimum absolute atomic E-state index is 0.187. The topological polar surface area (TPSA) is 62.2 Å². The summed E-state index contributed by atoms with van der Waals surface area (Å²) in [6.07, 6.45) is 8.61. The Kier molecular flexibility index (Phi) is 4.20. The van der Waals surface area contributed by atoms with Crippen molar-refractivity contribution >= 4 is 22.9 Å². The van der Waals surface area contributed by atoms with E-state index in [-0.39, 0.29) is 5.91 Å². The molecular weight excluding hydrogens is 276 g/mol. The van der Waals surface area contributed by atoms with Crippen molar-refractivity contribution in [1.82, 2.24) is 10.3 Å². The monoisotopic (exact) mass is 296 g/mol. The number of fused-ring (bicyclic) bond motifs is 1. The summed E-state index contributed by atoms with van der Waals surface area (Å²) in [6, 6.07) is 9.77. The second-order valence-electron chi connectivity index (χ2n) is 5.90. The molecule has 1 aromatic carbocycles. The average molecular weight is 296 g/mol. The molecule has 1 aromatic heterocycles. The quantitative estimate of drug-likeness (QED) is 0.853. The third-order valence-electron chi connectivity index (χ3n) is 4.20. The molecular formula is C18H20N2O2. The molecule has 114 valence electrons. The molecule has 1 heterocycles.